The van der Waals surface area contributed by atoms with Crippen molar-refractivity contribution in [1.82, 2.24) is 24.8 Å². The Balaban J connectivity index is 1.45. The largest absolute Gasteiger partial charge is 0.483 e. The molecule has 11 nitrogen and oxygen atoms in total. The molecule has 5 heterocycles. The Labute approximate surface area is 219 Å². The van der Waals surface area contributed by atoms with Gasteiger partial charge in [-0.15, -0.1) is 0 Å². The molecule has 202 valence electrons. The van der Waals surface area contributed by atoms with E-state index in [9.17, 15) is 19.4 Å². The maximum absolute atomic E-state index is 14.3. The number of ether oxygens (including phenoxy) is 1. The van der Waals surface area contributed by atoms with Crippen LogP contribution in [0.15, 0.2) is 30.3 Å². The van der Waals surface area contributed by atoms with Crippen molar-refractivity contribution < 1.29 is 24.1 Å². The molecular weight excluding hydrogens is 493 g/mol. The van der Waals surface area contributed by atoms with Gasteiger partial charge in [0.15, 0.2) is 12.3 Å². The number of aliphatic hydroxyl groups is 2. The highest BCUT2D eigenvalue weighted by Gasteiger charge is 2.34. The van der Waals surface area contributed by atoms with E-state index in [1.54, 1.807) is 4.52 Å². The summed E-state index contributed by atoms with van der Waals surface area (Å²) >= 11 is 0. The summed E-state index contributed by atoms with van der Waals surface area (Å²) in [5.41, 5.74) is 1.70. The van der Waals surface area contributed by atoms with Gasteiger partial charge in [-0.3, -0.25) is 9.69 Å². The lowest BCUT2D eigenvalue weighted by atomic mass is 9.97. The second-order valence-corrected chi connectivity index (χ2v) is 10.2. The standard InChI is InChI=1S/C26H32FN7O4/c1-31-9-7-28-24(36)15-38-21-6-5-16(27)10-18(21)26(37)33-8-3-2-4-20(33)19-11-23-29-22(32-13-17(35)14-32)12-25(31)34(23)30-19/h5-6,10-12,17,20,26,35,37H,2-4,7-9,13-15H2,1H3,(H,28,36). The van der Waals surface area contributed by atoms with Crippen LogP contribution in [0.4, 0.5) is 16.0 Å². The van der Waals surface area contributed by atoms with E-state index in [2.05, 4.69) is 5.32 Å². The van der Waals surface area contributed by atoms with Gasteiger partial charge in [0, 0.05) is 57.5 Å². The van der Waals surface area contributed by atoms with Crippen molar-refractivity contribution in [2.45, 2.75) is 37.6 Å². The molecule has 1 aromatic carbocycles. The molecule has 2 saturated heterocycles. The number of amides is 1. The van der Waals surface area contributed by atoms with E-state index < -0.39 is 12.0 Å². The SMILES string of the molecule is CN1CCNC(=O)COc2ccc(F)cc2C(O)N2CCCCC2c2cc3nc(N4CC(O)C4)cc1n3n2. The fourth-order valence-electron chi connectivity index (χ4n) is 5.47. The zero-order valence-electron chi connectivity index (χ0n) is 21.3. The zero-order chi connectivity index (χ0) is 26.4. The number of fused-ring (bicyclic) bond motifs is 4. The molecular formula is C26H32FN7O4. The number of piperidine rings is 1. The van der Waals surface area contributed by atoms with Crippen molar-refractivity contribution in [2.24, 2.45) is 0 Å². The normalized spacial score (nSPS) is 23.5. The molecule has 2 bridgehead atoms. The quantitative estimate of drug-likeness (QED) is 0.431. The van der Waals surface area contributed by atoms with Gasteiger partial charge in [-0.2, -0.15) is 9.61 Å². The van der Waals surface area contributed by atoms with Crippen LogP contribution in [0.1, 0.15) is 42.8 Å². The van der Waals surface area contributed by atoms with Gasteiger partial charge in [0.25, 0.3) is 5.91 Å². The van der Waals surface area contributed by atoms with Crippen molar-refractivity contribution in [2.75, 3.05) is 56.2 Å². The fourth-order valence-corrected chi connectivity index (χ4v) is 5.47. The van der Waals surface area contributed by atoms with Crippen LogP contribution in [0, 0.1) is 5.82 Å². The number of halogens is 1. The molecule has 0 radical (unpaired) electrons. The van der Waals surface area contributed by atoms with Gasteiger partial charge in [-0.25, -0.2) is 9.37 Å². The van der Waals surface area contributed by atoms with Crippen molar-refractivity contribution in [3.63, 3.8) is 0 Å². The minimum atomic E-state index is -1.15. The molecule has 0 spiro atoms. The lowest BCUT2D eigenvalue weighted by Gasteiger charge is -2.38. The molecule has 3 N–H and O–H groups in total. The van der Waals surface area contributed by atoms with E-state index >= 15 is 0 Å². The summed E-state index contributed by atoms with van der Waals surface area (Å²) in [7, 11) is 1.93. The average Bonchev–Trinajstić information content (AvgIpc) is 3.33. The van der Waals surface area contributed by atoms with Crippen molar-refractivity contribution in [3.05, 3.63) is 47.4 Å². The first-order valence-electron chi connectivity index (χ1n) is 13.0. The third-order valence-electron chi connectivity index (χ3n) is 7.57. The summed E-state index contributed by atoms with van der Waals surface area (Å²) in [4.78, 5) is 23.3. The number of carbonyl (C=O) groups excluding carboxylic acids is 1. The lowest BCUT2D eigenvalue weighted by molar-refractivity contribution is -0.123. The summed E-state index contributed by atoms with van der Waals surface area (Å²) in [6.07, 6.45) is 1.09. The molecule has 0 saturated carbocycles. The Bertz CT molecular complexity index is 1340. The Morgan fingerprint density at radius 1 is 1.13 bits per heavy atom. The highest BCUT2D eigenvalue weighted by Crippen LogP contribution is 2.39. The maximum Gasteiger partial charge on any atom is 0.258 e. The van der Waals surface area contributed by atoms with E-state index in [1.807, 2.05) is 33.9 Å². The summed E-state index contributed by atoms with van der Waals surface area (Å²) in [5.74, 6) is 1.000. The number of nitrogens with zero attached hydrogens (tertiary/aromatic N) is 6. The Kier molecular flexibility index (Phi) is 6.54. The molecule has 3 aromatic rings. The van der Waals surface area contributed by atoms with Crippen LogP contribution in [0.3, 0.4) is 0 Å². The number of aromatic nitrogens is 3. The van der Waals surface area contributed by atoms with E-state index in [-0.39, 0.29) is 36.0 Å². The molecule has 2 fully saturated rings. The third kappa shape index (κ3) is 4.63. The molecule has 2 aromatic heterocycles. The van der Waals surface area contributed by atoms with Gasteiger partial charge < -0.3 is 30.1 Å². The van der Waals surface area contributed by atoms with Crippen LogP contribution in [0.2, 0.25) is 0 Å². The summed E-state index contributed by atoms with van der Waals surface area (Å²) in [6, 6.07) is 7.63. The van der Waals surface area contributed by atoms with Crippen molar-refractivity contribution in [1.29, 1.82) is 0 Å². The summed E-state index contributed by atoms with van der Waals surface area (Å²) < 4.78 is 21.8. The number of carbonyl (C=O) groups is 1. The predicted molar refractivity (Wildman–Crippen MR) is 138 cm³/mol. The molecule has 0 aliphatic carbocycles. The number of benzene rings is 1. The fraction of sp³-hybridized carbons (Fsp3) is 0.500. The first-order valence-corrected chi connectivity index (χ1v) is 13.0. The molecule has 3 aliphatic rings. The molecule has 2 unspecified atom stereocenters. The minimum Gasteiger partial charge on any atom is -0.483 e. The predicted octanol–water partition coefficient (Wildman–Crippen LogP) is 1.21. The van der Waals surface area contributed by atoms with Gasteiger partial charge in [0.05, 0.1) is 17.8 Å². The van der Waals surface area contributed by atoms with Gasteiger partial charge in [0.2, 0.25) is 0 Å². The number of likely N-dealkylation sites (N-methyl/N-ethyl adjacent to an activating group) is 1. The number of hydrogen-bond donors (Lipinski definition) is 3. The van der Waals surface area contributed by atoms with Gasteiger partial charge >= 0.3 is 0 Å². The lowest BCUT2D eigenvalue weighted by Crippen LogP contribution is -2.51. The van der Waals surface area contributed by atoms with Crippen molar-refractivity contribution >= 4 is 23.2 Å². The number of anilines is 2. The Morgan fingerprint density at radius 3 is 2.79 bits per heavy atom. The first kappa shape index (κ1) is 24.8. The monoisotopic (exact) mass is 525 g/mol. The van der Waals surface area contributed by atoms with Crippen LogP contribution in [0.5, 0.6) is 5.75 Å². The van der Waals surface area contributed by atoms with Crippen LogP contribution < -0.4 is 19.9 Å². The van der Waals surface area contributed by atoms with Gasteiger partial charge in [-0.1, -0.05) is 6.42 Å². The van der Waals surface area contributed by atoms with E-state index in [4.69, 9.17) is 14.8 Å². The zero-order valence-corrected chi connectivity index (χ0v) is 21.3. The highest BCUT2D eigenvalue weighted by atomic mass is 19.1. The molecule has 38 heavy (non-hydrogen) atoms. The number of rotatable bonds is 1. The maximum atomic E-state index is 14.3. The molecule has 12 heteroatoms. The van der Waals surface area contributed by atoms with Crippen LogP contribution in [0.25, 0.3) is 5.65 Å². The van der Waals surface area contributed by atoms with Crippen LogP contribution in [-0.2, 0) is 4.79 Å². The number of β-amino-alcohol motifs (C(OH)–C–C–N with tert-alkyl or cyclic N) is 1. The van der Waals surface area contributed by atoms with E-state index in [0.717, 1.165) is 36.6 Å². The second kappa shape index (κ2) is 10.0. The summed E-state index contributed by atoms with van der Waals surface area (Å²) in [6.45, 7) is 2.25. The second-order valence-electron chi connectivity index (χ2n) is 10.2. The Morgan fingerprint density at radius 2 is 1.97 bits per heavy atom. The van der Waals surface area contributed by atoms with Gasteiger partial charge in [0.1, 0.15) is 29.4 Å². The van der Waals surface area contributed by atoms with E-state index in [1.165, 1.54) is 18.2 Å². The molecule has 2 atom stereocenters. The van der Waals surface area contributed by atoms with Crippen molar-refractivity contribution in [3.8, 4) is 5.75 Å². The molecule has 6 rings (SSSR count). The first-order chi connectivity index (χ1) is 18.4. The highest BCUT2D eigenvalue weighted by molar-refractivity contribution is 5.77. The third-order valence-corrected chi connectivity index (χ3v) is 7.57. The topological polar surface area (TPSA) is 119 Å². The molecule has 3 aliphatic heterocycles. The smallest absolute Gasteiger partial charge is 0.258 e. The van der Waals surface area contributed by atoms with Gasteiger partial charge in [-0.05, 0) is 31.0 Å². The minimum absolute atomic E-state index is 0.222. The number of nitrogens with one attached hydrogen (secondary N) is 1. The van der Waals surface area contributed by atoms with Crippen LogP contribution in [-0.4, -0.2) is 88.1 Å². The number of aliphatic hydroxyl groups excluding tert-OH is 2. The van der Waals surface area contributed by atoms with E-state index in [0.29, 0.717) is 38.4 Å². The van der Waals surface area contributed by atoms with Crippen LogP contribution >= 0.6 is 0 Å². The number of hydrogen-bond acceptors (Lipinski definition) is 9. The average molecular weight is 526 g/mol. The summed E-state index contributed by atoms with van der Waals surface area (Å²) in [5, 5.41) is 29.1. The molecule has 1 amide bonds. The Hall–Kier alpha value is -3.48.